The third-order valence-electron chi connectivity index (χ3n) is 3.05. The number of carbonyl (C=O) groups is 1. The molecule has 3 aromatic rings. The van der Waals surface area contributed by atoms with Crippen molar-refractivity contribution in [1.82, 2.24) is 15.3 Å². The van der Waals surface area contributed by atoms with Crippen LogP contribution in [0.25, 0.3) is 10.9 Å². The highest BCUT2D eigenvalue weighted by atomic mass is 16.2. The molecule has 3 rings (SSSR count). The maximum absolute atomic E-state index is 11.9. The van der Waals surface area contributed by atoms with E-state index in [0.717, 1.165) is 22.2 Å². The second-order valence-corrected chi connectivity index (χ2v) is 4.41. The molecule has 0 saturated heterocycles. The summed E-state index contributed by atoms with van der Waals surface area (Å²) in [6.07, 6.45) is 5.26. The molecule has 0 radical (unpaired) electrons. The van der Waals surface area contributed by atoms with E-state index in [1.54, 1.807) is 12.4 Å². The van der Waals surface area contributed by atoms with Crippen molar-refractivity contribution in [2.24, 2.45) is 0 Å². The van der Waals surface area contributed by atoms with Crippen molar-refractivity contribution in [2.45, 2.75) is 6.54 Å². The van der Waals surface area contributed by atoms with Crippen LogP contribution in [0.15, 0.2) is 55.0 Å². The predicted octanol–water partition coefficient (Wildman–Crippen LogP) is 2.88. The molecule has 0 spiro atoms. The maximum atomic E-state index is 11.9. The van der Waals surface area contributed by atoms with E-state index < -0.39 is 0 Å². The molecule has 0 atom stereocenters. The largest absolute Gasteiger partial charge is 0.361 e. The number of aromatic nitrogens is 2. The number of fused-ring (bicyclic) bond motifs is 1. The summed E-state index contributed by atoms with van der Waals surface area (Å²) >= 11 is 0. The van der Waals surface area contributed by atoms with Crippen LogP contribution in [0.5, 0.6) is 0 Å². The van der Waals surface area contributed by atoms with Crippen molar-refractivity contribution in [3.8, 4) is 0 Å². The summed E-state index contributed by atoms with van der Waals surface area (Å²) < 4.78 is 0. The first-order valence-electron chi connectivity index (χ1n) is 6.33. The average Bonchev–Trinajstić information content (AvgIpc) is 2.96. The fraction of sp³-hybridized carbons (Fsp3) is 0.0667. The van der Waals surface area contributed by atoms with Crippen LogP contribution < -0.4 is 10.6 Å². The molecule has 5 nitrogen and oxygen atoms in total. The summed E-state index contributed by atoms with van der Waals surface area (Å²) in [6, 6.07) is 11.2. The fourth-order valence-corrected chi connectivity index (χ4v) is 2.04. The minimum Gasteiger partial charge on any atom is -0.361 e. The number of pyridine rings is 1. The van der Waals surface area contributed by atoms with Gasteiger partial charge in [0.15, 0.2) is 0 Å². The smallest absolute Gasteiger partial charge is 0.319 e. The number of nitrogens with zero attached hydrogens (tertiary/aromatic N) is 1. The van der Waals surface area contributed by atoms with Gasteiger partial charge in [0, 0.05) is 36.0 Å². The van der Waals surface area contributed by atoms with Gasteiger partial charge in [0.25, 0.3) is 0 Å². The molecule has 0 bridgehead atoms. The molecule has 0 aliphatic heterocycles. The van der Waals surface area contributed by atoms with E-state index in [-0.39, 0.29) is 6.03 Å². The van der Waals surface area contributed by atoms with Gasteiger partial charge in [-0.1, -0.05) is 6.07 Å². The fourth-order valence-electron chi connectivity index (χ4n) is 2.04. The first-order valence-corrected chi connectivity index (χ1v) is 6.33. The van der Waals surface area contributed by atoms with E-state index in [4.69, 9.17) is 0 Å². The minimum absolute atomic E-state index is 0.226. The lowest BCUT2D eigenvalue weighted by molar-refractivity contribution is 0.252. The molecule has 0 fully saturated rings. The van der Waals surface area contributed by atoms with E-state index in [2.05, 4.69) is 20.6 Å². The Morgan fingerprint density at radius 3 is 2.85 bits per heavy atom. The maximum Gasteiger partial charge on any atom is 0.319 e. The Kier molecular flexibility index (Phi) is 3.33. The molecule has 0 aliphatic rings. The van der Waals surface area contributed by atoms with Gasteiger partial charge in [-0.05, 0) is 35.9 Å². The molecular formula is C15H14N4O. The zero-order valence-electron chi connectivity index (χ0n) is 10.8. The Balaban J connectivity index is 1.66. The molecule has 3 N–H and O–H groups in total. The van der Waals surface area contributed by atoms with Gasteiger partial charge >= 0.3 is 6.03 Å². The molecule has 0 aliphatic carbocycles. The number of H-pyrrole nitrogens is 1. The van der Waals surface area contributed by atoms with E-state index in [9.17, 15) is 4.79 Å². The molecule has 20 heavy (non-hydrogen) atoms. The topological polar surface area (TPSA) is 69.8 Å². The second-order valence-electron chi connectivity index (χ2n) is 4.41. The van der Waals surface area contributed by atoms with Crippen LogP contribution in [0.4, 0.5) is 10.5 Å². The molecule has 0 saturated carbocycles. The second kappa shape index (κ2) is 5.44. The van der Waals surface area contributed by atoms with Gasteiger partial charge in [0.05, 0.1) is 5.69 Å². The van der Waals surface area contributed by atoms with Gasteiger partial charge in [-0.25, -0.2) is 4.79 Å². The van der Waals surface area contributed by atoms with Gasteiger partial charge in [0.2, 0.25) is 0 Å². The van der Waals surface area contributed by atoms with E-state index in [1.165, 1.54) is 0 Å². The van der Waals surface area contributed by atoms with E-state index >= 15 is 0 Å². The van der Waals surface area contributed by atoms with Crippen molar-refractivity contribution >= 4 is 22.6 Å². The molecule has 2 heterocycles. The van der Waals surface area contributed by atoms with Gasteiger partial charge in [0.1, 0.15) is 0 Å². The Labute approximate surface area is 116 Å². The SMILES string of the molecule is O=C(NCc1ccncc1)Nc1cccc2[nH]ccc12. The van der Waals surface area contributed by atoms with Crippen LogP contribution in [-0.2, 0) is 6.54 Å². The number of anilines is 1. The highest BCUT2D eigenvalue weighted by Gasteiger charge is 2.05. The summed E-state index contributed by atoms with van der Waals surface area (Å²) in [5.41, 5.74) is 2.79. The standard InChI is InChI=1S/C15H14N4O/c20-15(18-10-11-4-7-16-8-5-11)19-14-3-1-2-13-12(14)6-9-17-13/h1-9,17H,10H2,(H2,18,19,20). The zero-order chi connectivity index (χ0) is 13.8. The number of benzene rings is 1. The zero-order valence-corrected chi connectivity index (χ0v) is 10.8. The normalized spacial score (nSPS) is 10.4. The van der Waals surface area contributed by atoms with Crippen molar-refractivity contribution in [1.29, 1.82) is 0 Å². The monoisotopic (exact) mass is 266 g/mol. The van der Waals surface area contributed by atoms with Crippen molar-refractivity contribution < 1.29 is 4.79 Å². The number of hydrogen-bond donors (Lipinski definition) is 3. The molecule has 2 amide bonds. The third-order valence-corrected chi connectivity index (χ3v) is 3.05. The van der Waals surface area contributed by atoms with Crippen LogP contribution in [0.1, 0.15) is 5.56 Å². The van der Waals surface area contributed by atoms with Crippen LogP contribution in [-0.4, -0.2) is 16.0 Å². The van der Waals surface area contributed by atoms with Crippen LogP contribution in [0.3, 0.4) is 0 Å². The predicted molar refractivity (Wildman–Crippen MR) is 78.4 cm³/mol. The Hall–Kier alpha value is -2.82. The summed E-state index contributed by atoms with van der Waals surface area (Å²) in [5, 5.41) is 6.66. The number of rotatable bonds is 3. The Morgan fingerprint density at radius 2 is 2.00 bits per heavy atom. The highest BCUT2D eigenvalue weighted by molar-refractivity contribution is 6.00. The van der Waals surface area contributed by atoms with E-state index in [1.807, 2.05) is 42.6 Å². The molecule has 5 heteroatoms. The highest BCUT2D eigenvalue weighted by Crippen LogP contribution is 2.21. The van der Waals surface area contributed by atoms with Crippen molar-refractivity contribution in [3.63, 3.8) is 0 Å². The first-order chi connectivity index (χ1) is 9.83. The van der Waals surface area contributed by atoms with E-state index in [0.29, 0.717) is 6.54 Å². The van der Waals surface area contributed by atoms with Crippen LogP contribution >= 0.6 is 0 Å². The molecular weight excluding hydrogens is 252 g/mol. The molecule has 100 valence electrons. The quantitative estimate of drug-likeness (QED) is 0.682. The summed E-state index contributed by atoms with van der Waals surface area (Å²) in [7, 11) is 0. The number of urea groups is 1. The lowest BCUT2D eigenvalue weighted by Gasteiger charge is -2.08. The van der Waals surface area contributed by atoms with Crippen molar-refractivity contribution in [3.05, 3.63) is 60.6 Å². The molecule has 2 aromatic heterocycles. The van der Waals surface area contributed by atoms with Gasteiger partial charge in [-0.2, -0.15) is 0 Å². The molecule has 0 unspecified atom stereocenters. The Bertz CT molecular complexity index is 721. The summed E-state index contributed by atoms with van der Waals surface area (Å²) in [6.45, 7) is 0.470. The third kappa shape index (κ3) is 2.61. The minimum atomic E-state index is -0.226. The lowest BCUT2D eigenvalue weighted by Crippen LogP contribution is -2.28. The van der Waals surface area contributed by atoms with Crippen LogP contribution in [0, 0.1) is 0 Å². The summed E-state index contributed by atoms with van der Waals surface area (Å²) in [4.78, 5) is 19.0. The van der Waals surface area contributed by atoms with Gasteiger partial charge < -0.3 is 15.6 Å². The lowest BCUT2D eigenvalue weighted by atomic mass is 10.2. The number of aromatic amines is 1. The molecule has 1 aromatic carbocycles. The Morgan fingerprint density at radius 1 is 1.15 bits per heavy atom. The number of hydrogen-bond acceptors (Lipinski definition) is 2. The summed E-state index contributed by atoms with van der Waals surface area (Å²) in [5.74, 6) is 0. The average molecular weight is 266 g/mol. The number of amides is 2. The first kappa shape index (κ1) is 12.2. The van der Waals surface area contributed by atoms with Gasteiger partial charge in [-0.3, -0.25) is 4.98 Å². The number of nitrogens with one attached hydrogen (secondary N) is 3. The van der Waals surface area contributed by atoms with Gasteiger partial charge in [-0.15, -0.1) is 0 Å². The van der Waals surface area contributed by atoms with Crippen molar-refractivity contribution in [2.75, 3.05) is 5.32 Å². The number of carbonyl (C=O) groups excluding carboxylic acids is 1. The van der Waals surface area contributed by atoms with Crippen LogP contribution in [0.2, 0.25) is 0 Å².